The molecule has 21 heavy (non-hydrogen) atoms. The molecule has 2 aromatic carbocycles. The van der Waals surface area contributed by atoms with Crippen LogP contribution in [0.1, 0.15) is 35.0 Å². The van der Waals surface area contributed by atoms with E-state index in [4.69, 9.17) is 4.74 Å². The van der Waals surface area contributed by atoms with Crippen molar-refractivity contribution in [1.29, 1.82) is 0 Å². The van der Waals surface area contributed by atoms with E-state index in [9.17, 15) is 4.79 Å². The number of carbonyl (C=O) groups excluding carboxylic acids is 1. The fraction of sp³-hybridized carbons (Fsp3) is 0.278. The number of rotatable bonds is 7. The average molecular weight is 300 g/mol. The fourth-order valence-electron chi connectivity index (χ4n) is 2.08. The number of thioether (sulfide) groups is 1. The Labute approximate surface area is 130 Å². The van der Waals surface area contributed by atoms with Gasteiger partial charge in [0.05, 0.1) is 12.2 Å². The molecule has 0 heterocycles. The van der Waals surface area contributed by atoms with Crippen LogP contribution in [0.3, 0.4) is 0 Å². The molecule has 0 aromatic heterocycles. The molecule has 0 aliphatic carbocycles. The van der Waals surface area contributed by atoms with Crippen LogP contribution < -0.4 is 4.74 Å². The highest BCUT2D eigenvalue weighted by molar-refractivity contribution is 7.99. The summed E-state index contributed by atoms with van der Waals surface area (Å²) in [6, 6.07) is 17.8. The molecule has 0 amide bonds. The quantitative estimate of drug-likeness (QED) is 0.544. The van der Waals surface area contributed by atoms with E-state index in [2.05, 4.69) is 31.2 Å². The van der Waals surface area contributed by atoms with Crippen molar-refractivity contribution in [2.24, 2.45) is 0 Å². The number of benzene rings is 2. The third-order valence-electron chi connectivity index (χ3n) is 3.24. The molecule has 2 nitrogen and oxygen atoms in total. The summed E-state index contributed by atoms with van der Waals surface area (Å²) < 4.78 is 5.74. The van der Waals surface area contributed by atoms with Crippen molar-refractivity contribution in [3.05, 3.63) is 65.7 Å². The van der Waals surface area contributed by atoms with Crippen LogP contribution >= 0.6 is 11.8 Å². The Morgan fingerprint density at radius 3 is 2.48 bits per heavy atom. The van der Waals surface area contributed by atoms with Crippen LogP contribution in [0.15, 0.2) is 54.6 Å². The molecular formula is C18H20O2S. The molecule has 0 saturated carbocycles. The highest BCUT2D eigenvalue weighted by Crippen LogP contribution is 2.28. The number of carbonyl (C=O) groups is 1. The molecule has 1 unspecified atom stereocenters. The first-order chi connectivity index (χ1) is 10.2. The topological polar surface area (TPSA) is 26.3 Å². The van der Waals surface area contributed by atoms with Gasteiger partial charge in [-0.2, -0.15) is 11.8 Å². The summed E-state index contributed by atoms with van der Waals surface area (Å²) in [5, 5.41) is 0.442. The number of hydrogen-bond acceptors (Lipinski definition) is 3. The van der Waals surface area contributed by atoms with E-state index in [0.29, 0.717) is 23.2 Å². The SMILES string of the molecule is CC(=O)c1ccccc1OCCSC(C)c1ccccc1. The summed E-state index contributed by atoms with van der Waals surface area (Å²) in [5.74, 6) is 1.61. The summed E-state index contributed by atoms with van der Waals surface area (Å²) in [4.78, 5) is 11.5. The Balaban J connectivity index is 1.81. The molecule has 0 radical (unpaired) electrons. The molecule has 0 bridgehead atoms. The fourth-order valence-corrected chi connectivity index (χ4v) is 2.96. The van der Waals surface area contributed by atoms with Gasteiger partial charge in [0, 0.05) is 11.0 Å². The van der Waals surface area contributed by atoms with Gasteiger partial charge in [-0.3, -0.25) is 4.79 Å². The molecule has 0 aliphatic rings. The zero-order valence-electron chi connectivity index (χ0n) is 12.4. The highest BCUT2D eigenvalue weighted by Gasteiger charge is 2.08. The van der Waals surface area contributed by atoms with Crippen LogP contribution in [0.5, 0.6) is 5.75 Å². The second-order valence-electron chi connectivity index (χ2n) is 4.82. The minimum Gasteiger partial charge on any atom is -0.492 e. The van der Waals surface area contributed by atoms with Crippen molar-refractivity contribution in [2.75, 3.05) is 12.4 Å². The van der Waals surface area contributed by atoms with E-state index in [1.54, 1.807) is 13.0 Å². The summed E-state index contributed by atoms with van der Waals surface area (Å²) in [6.45, 7) is 4.37. The molecule has 0 aliphatic heterocycles. The standard InChI is InChI=1S/C18H20O2S/c1-14(19)17-10-6-7-11-18(17)20-12-13-21-15(2)16-8-4-3-5-9-16/h3-11,15H,12-13H2,1-2H3. The zero-order valence-corrected chi connectivity index (χ0v) is 13.2. The van der Waals surface area contributed by atoms with Crippen LogP contribution in [-0.4, -0.2) is 18.1 Å². The van der Waals surface area contributed by atoms with Gasteiger partial charge in [-0.25, -0.2) is 0 Å². The molecule has 2 aromatic rings. The maximum absolute atomic E-state index is 11.5. The van der Waals surface area contributed by atoms with Crippen LogP contribution in [-0.2, 0) is 0 Å². The molecule has 0 saturated heterocycles. The molecule has 0 spiro atoms. The van der Waals surface area contributed by atoms with Crippen LogP contribution in [0.2, 0.25) is 0 Å². The average Bonchev–Trinajstić information content (AvgIpc) is 2.52. The van der Waals surface area contributed by atoms with E-state index >= 15 is 0 Å². The lowest BCUT2D eigenvalue weighted by molar-refractivity contribution is 0.101. The van der Waals surface area contributed by atoms with E-state index in [-0.39, 0.29) is 5.78 Å². The first-order valence-corrected chi connectivity index (χ1v) is 8.12. The Morgan fingerprint density at radius 2 is 1.76 bits per heavy atom. The van der Waals surface area contributed by atoms with Crippen LogP contribution in [0, 0.1) is 0 Å². The molecule has 2 rings (SSSR count). The monoisotopic (exact) mass is 300 g/mol. The van der Waals surface area contributed by atoms with Crippen LogP contribution in [0.25, 0.3) is 0 Å². The largest absolute Gasteiger partial charge is 0.492 e. The van der Waals surface area contributed by atoms with Gasteiger partial charge in [0.2, 0.25) is 0 Å². The first kappa shape index (κ1) is 15.6. The number of hydrogen-bond donors (Lipinski definition) is 0. The highest BCUT2D eigenvalue weighted by atomic mass is 32.2. The Bertz CT molecular complexity index is 581. The number of ether oxygens (including phenoxy) is 1. The van der Waals surface area contributed by atoms with Crippen molar-refractivity contribution in [1.82, 2.24) is 0 Å². The number of Topliss-reactive ketones (excluding diaryl/α,β-unsaturated/α-hetero) is 1. The molecule has 0 N–H and O–H groups in total. The van der Waals surface area contributed by atoms with Crippen LogP contribution in [0.4, 0.5) is 0 Å². The van der Waals surface area contributed by atoms with Gasteiger partial charge in [0.25, 0.3) is 0 Å². The van der Waals surface area contributed by atoms with Gasteiger partial charge in [-0.15, -0.1) is 0 Å². The zero-order chi connectivity index (χ0) is 15.1. The van der Waals surface area contributed by atoms with E-state index in [1.807, 2.05) is 36.0 Å². The third kappa shape index (κ3) is 4.64. The minimum absolute atomic E-state index is 0.0379. The Hall–Kier alpha value is -1.74. The van der Waals surface area contributed by atoms with Gasteiger partial charge >= 0.3 is 0 Å². The van der Waals surface area contributed by atoms with Crippen molar-refractivity contribution in [2.45, 2.75) is 19.1 Å². The van der Waals surface area contributed by atoms with Gasteiger partial charge in [-0.05, 0) is 31.5 Å². The van der Waals surface area contributed by atoms with Gasteiger partial charge in [-0.1, -0.05) is 42.5 Å². The second kappa shape index (κ2) is 7.89. The predicted octanol–water partition coefficient (Wildman–Crippen LogP) is 4.76. The maximum atomic E-state index is 11.5. The van der Waals surface area contributed by atoms with Gasteiger partial charge in [0.15, 0.2) is 5.78 Å². The summed E-state index contributed by atoms with van der Waals surface area (Å²) in [7, 11) is 0. The molecule has 1 atom stereocenters. The maximum Gasteiger partial charge on any atom is 0.163 e. The van der Waals surface area contributed by atoms with Crippen molar-refractivity contribution in [3.63, 3.8) is 0 Å². The smallest absolute Gasteiger partial charge is 0.163 e. The lowest BCUT2D eigenvalue weighted by Gasteiger charge is -2.13. The van der Waals surface area contributed by atoms with E-state index < -0.39 is 0 Å². The lowest BCUT2D eigenvalue weighted by Crippen LogP contribution is -2.05. The first-order valence-electron chi connectivity index (χ1n) is 7.08. The van der Waals surface area contributed by atoms with E-state index in [0.717, 1.165) is 5.75 Å². The minimum atomic E-state index is 0.0379. The second-order valence-corrected chi connectivity index (χ2v) is 6.27. The molecule has 0 fully saturated rings. The Morgan fingerprint density at radius 1 is 1.10 bits per heavy atom. The summed E-state index contributed by atoms with van der Waals surface area (Å²) in [6.07, 6.45) is 0. The van der Waals surface area contributed by atoms with Gasteiger partial charge < -0.3 is 4.74 Å². The summed E-state index contributed by atoms with van der Waals surface area (Å²) in [5.41, 5.74) is 1.98. The normalized spacial score (nSPS) is 11.9. The number of para-hydroxylation sites is 1. The predicted molar refractivity (Wildman–Crippen MR) is 89.3 cm³/mol. The van der Waals surface area contributed by atoms with Crippen molar-refractivity contribution < 1.29 is 9.53 Å². The van der Waals surface area contributed by atoms with Crippen molar-refractivity contribution in [3.8, 4) is 5.75 Å². The molecule has 110 valence electrons. The molecule has 3 heteroatoms. The molecular weight excluding hydrogens is 280 g/mol. The lowest BCUT2D eigenvalue weighted by atomic mass is 10.1. The van der Waals surface area contributed by atoms with E-state index in [1.165, 1.54) is 5.56 Å². The van der Waals surface area contributed by atoms with Crippen molar-refractivity contribution >= 4 is 17.5 Å². The third-order valence-corrected chi connectivity index (χ3v) is 4.42. The Kier molecular flexibility index (Phi) is 5.88. The summed E-state index contributed by atoms with van der Waals surface area (Å²) >= 11 is 1.85. The number of ketones is 1. The van der Waals surface area contributed by atoms with Gasteiger partial charge in [0.1, 0.15) is 5.75 Å².